The van der Waals surface area contributed by atoms with Crippen molar-refractivity contribution in [3.05, 3.63) is 5.56 Å². The highest BCUT2D eigenvalue weighted by Gasteiger charge is 2.19. The first-order valence-electron chi connectivity index (χ1n) is 4.78. The Morgan fingerprint density at radius 1 is 1.67 bits per heavy atom. The van der Waals surface area contributed by atoms with Gasteiger partial charge < -0.3 is 15.8 Å². The van der Waals surface area contributed by atoms with E-state index in [-0.39, 0.29) is 5.82 Å². The van der Waals surface area contributed by atoms with Crippen molar-refractivity contribution in [1.29, 1.82) is 0 Å². The van der Waals surface area contributed by atoms with Gasteiger partial charge >= 0.3 is 5.97 Å². The molecule has 0 fully saturated rings. The van der Waals surface area contributed by atoms with Crippen molar-refractivity contribution in [2.45, 2.75) is 19.8 Å². The first kappa shape index (κ1) is 11.8. The van der Waals surface area contributed by atoms with Crippen molar-refractivity contribution >= 4 is 28.3 Å². The van der Waals surface area contributed by atoms with E-state index in [0.29, 0.717) is 10.6 Å². The maximum Gasteiger partial charge on any atom is 0.344 e. The first-order valence-corrected chi connectivity index (χ1v) is 5.55. The molecular formula is C9H15N3O2S. The molecule has 5 nitrogen and oxygen atoms in total. The summed E-state index contributed by atoms with van der Waals surface area (Å²) in [6, 6.07) is 0. The van der Waals surface area contributed by atoms with Gasteiger partial charge in [0.05, 0.1) is 7.11 Å². The monoisotopic (exact) mass is 229 g/mol. The molecule has 0 amide bonds. The average molecular weight is 229 g/mol. The highest BCUT2D eigenvalue weighted by atomic mass is 32.1. The van der Waals surface area contributed by atoms with E-state index < -0.39 is 5.97 Å². The van der Waals surface area contributed by atoms with Gasteiger partial charge in [-0.1, -0.05) is 13.3 Å². The van der Waals surface area contributed by atoms with Gasteiger partial charge in [-0.3, -0.25) is 0 Å². The van der Waals surface area contributed by atoms with Crippen LogP contribution in [0, 0.1) is 0 Å². The van der Waals surface area contributed by atoms with Crippen LogP contribution in [-0.2, 0) is 4.74 Å². The molecule has 0 saturated heterocycles. The van der Waals surface area contributed by atoms with Crippen molar-refractivity contribution < 1.29 is 9.53 Å². The lowest BCUT2D eigenvalue weighted by Gasteiger charge is -2.04. The Kier molecular flexibility index (Phi) is 4.36. The highest BCUT2D eigenvalue weighted by molar-refractivity contribution is 7.11. The number of nitrogens with one attached hydrogen (secondary N) is 1. The number of hydrogen-bond acceptors (Lipinski definition) is 6. The third-order valence-corrected chi connectivity index (χ3v) is 2.74. The quantitative estimate of drug-likeness (QED) is 0.594. The van der Waals surface area contributed by atoms with Crippen LogP contribution in [0.4, 0.5) is 10.8 Å². The summed E-state index contributed by atoms with van der Waals surface area (Å²) in [7, 11) is 1.33. The summed E-state index contributed by atoms with van der Waals surface area (Å²) < 4.78 is 8.55. The molecule has 0 unspecified atom stereocenters. The molecule has 3 N–H and O–H groups in total. The molecule has 0 aliphatic rings. The molecule has 0 aromatic carbocycles. The van der Waals surface area contributed by atoms with Crippen LogP contribution in [0.3, 0.4) is 0 Å². The van der Waals surface area contributed by atoms with E-state index in [9.17, 15) is 4.79 Å². The molecule has 15 heavy (non-hydrogen) atoms. The highest BCUT2D eigenvalue weighted by Crippen LogP contribution is 2.27. The molecule has 0 radical (unpaired) electrons. The van der Waals surface area contributed by atoms with Gasteiger partial charge in [0, 0.05) is 6.54 Å². The molecule has 0 aliphatic carbocycles. The SMILES string of the molecule is CCCCNc1snc(N)c1C(=O)OC. The fraction of sp³-hybridized carbons (Fsp3) is 0.556. The Bertz CT molecular complexity index is 338. The number of nitrogens with two attached hydrogens (primary N) is 1. The van der Waals surface area contributed by atoms with E-state index in [4.69, 9.17) is 5.73 Å². The zero-order chi connectivity index (χ0) is 11.3. The van der Waals surface area contributed by atoms with Crippen molar-refractivity contribution in [3.8, 4) is 0 Å². The normalized spacial score (nSPS) is 10.0. The Labute approximate surface area is 92.8 Å². The van der Waals surface area contributed by atoms with Crippen molar-refractivity contribution in [3.63, 3.8) is 0 Å². The smallest absolute Gasteiger partial charge is 0.344 e. The van der Waals surface area contributed by atoms with E-state index in [2.05, 4.69) is 21.4 Å². The molecule has 1 aromatic heterocycles. The van der Waals surface area contributed by atoms with E-state index >= 15 is 0 Å². The molecule has 6 heteroatoms. The van der Waals surface area contributed by atoms with Gasteiger partial charge in [0.15, 0.2) is 5.82 Å². The molecule has 0 atom stereocenters. The lowest BCUT2D eigenvalue weighted by molar-refractivity contribution is 0.0603. The lowest BCUT2D eigenvalue weighted by Crippen LogP contribution is -2.08. The van der Waals surface area contributed by atoms with Crippen LogP contribution >= 0.6 is 11.5 Å². The molecule has 1 heterocycles. The molecule has 0 aliphatic heterocycles. The third kappa shape index (κ3) is 2.82. The van der Waals surface area contributed by atoms with Crippen molar-refractivity contribution in [2.24, 2.45) is 0 Å². The zero-order valence-corrected chi connectivity index (χ0v) is 9.69. The number of anilines is 2. The summed E-state index contributed by atoms with van der Waals surface area (Å²) in [6.07, 6.45) is 2.13. The van der Waals surface area contributed by atoms with Gasteiger partial charge in [-0.2, -0.15) is 4.37 Å². The van der Waals surface area contributed by atoms with Gasteiger partial charge in [-0.05, 0) is 18.0 Å². The molecule has 0 bridgehead atoms. The minimum atomic E-state index is -0.444. The summed E-state index contributed by atoms with van der Waals surface area (Å²) in [5.74, 6) is -0.217. The molecule has 0 spiro atoms. The fourth-order valence-corrected chi connectivity index (χ4v) is 1.83. The number of esters is 1. The van der Waals surface area contributed by atoms with E-state index in [1.807, 2.05) is 0 Å². The number of rotatable bonds is 5. The Balaban J connectivity index is 2.75. The number of nitrogens with zero attached hydrogens (tertiary/aromatic N) is 1. The topological polar surface area (TPSA) is 77.2 Å². The summed E-state index contributed by atoms with van der Waals surface area (Å²) in [5.41, 5.74) is 5.93. The standard InChI is InChI=1S/C9H15N3O2S/c1-3-4-5-11-8-6(9(13)14-2)7(10)12-15-8/h11H,3-5H2,1-2H3,(H2,10,12). The van der Waals surface area contributed by atoms with Gasteiger partial charge in [0.25, 0.3) is 0 Å². The van der Waals surface area contributed by atoms with Crippen LogP contribution in [-0.4, -0.2) is 24.0 Å². The second kappa shape index (κ2) is 5.55. The maximum absolute atomic E-state index is 11.4. The molecule has 84 valence electrons. The summed E-state index contributed by atoms with van der Waals surface area (Å²) in [6.45, 7) is 2.91. The van der Waals surface area contributed by atoms with E-state index in [1.165, 1.54) is 18.6 Å². The minimum absolute atomic E-state index is 0.228. The molecular weight excluding hydrogens is 214 g/mol. The Hall–Kier alpha value is -1.30. The van der Waals surface area contributed by atoms with Gasteiger partial charge in [-0.25, -0.2) is 4.79 Å². The summed E-state index contributed by atoms with van der Waals surface area (Å²) in [4.78, 5) is 11.4. The second-order valence-electron chi connectivity index (χ2n) is 3.04. The van der Waals surface area contributed by atoms with Crippen LogP contribution in [0.2, 0.25) is 0 Å². The molecule has 0 saturated carbocycles. The van der Waals surface area contributed by atoms with Crippen molar-refractivity contribution in [2.75, 3.05) is 24.7 Å². The predicted octanol–water partition coefficient (Wildman–Crippen LogP) is 1.72. The Morgan fingerprint density at radius 2 is 2.40 bits per heavy atom. The number of unbranched alkanes of at least 4 members (excludes halogenated alkanes) is 1. The maximum atomic E-state index is 11.4. The number of aromatic nitrogens is 1. The number of nitrogen functional groups attached to an aromatic ring is 1. The van der Waals surface area contributed by atoms with Crippen LogP contribution in [0.5, 0.6) is 0 Å². The Morgan fingerprint density at radius 3 is 3.00 bits per heavy atom. The minimum Gasteiger partial charge on any atom is -0.465 e. The number of methoxy groups -OCH3 is 1. The molecule has 1 aromatic rings. The summed E-state index contributed by atoms with van der Waals surface area (Å²) >= 11 is 1.18. The van der Waals surface area contributed by atoms with E-state index in [1.54, 1.807) is 0 Å². The number of carbonyl (C=O) groups is 1. The predicted molar refractivity (Wildman–Crippen MR) is 61.3 cm³/mol. The third-order valence-electron chi connectivity index (χ3n) is 1.92. The van der Waals surface area contributed by atoms with Crippen LogP contribution in [0.1, 0.15) is 30.1 Å². The average Bonchev–Trinajstić information content (AvgIpc) is 2.59. The van der Waals surface area contributed by atoms with Crippen LogP contribution in [0.25, 0.3) is 0 Å². The molecule has 1 rings (SSSR count). The van der Waals surface area contributed by atoms with E-state index in [0.717, 1.165) is 19.4 Å². The van der Waals surface area contributed by atoms with Gasteiger partial charge in [0.2, 0.25) is 0 Å². The second-order valence-corrected chi connectivity index (χ2v) is 3.82. The fourth-order valence-electron chi connectivity index (χ4n) is 1.10. The summed E-state index contributed by atoms with van der Waals surface area (Å²) in [5, 5.41) is 3.81. The van der Waals surface area contributed by atoms with Crippen LogP contribution < -0.4 is 11.1 Å². The lowest BCUT2D eigenvalue weighted by atomic mass is 10.3. The number of ether oxygens (including phenoxy) is 1. The van der Waals surface area contributed by atoms with Crippen molar-refractivity contribution in [1.82, 2.24) is 4.37 Å². The number of hydrogen-bond donors (Lipinski definition) is 2. The largest absolute Gasteiger partial charge is 0.465 e. The van der Waals surface area contributed by atoms with Gasteiger partial charge in [0.1, 0.15) is 10.6 Å². The number of carbonyl (C=O) groups excluding carboxylic acids is 1. The van der Waals surface area contributed by atoms with Gasteiger partial charge in [-0.15, -0.1) is 0 Å². The van der Waals surface area contributed by atoms with Crippen LogP contribution in [0.15, 0.2) is 0 Å². The zero-order valence-electron chi connectivity index (χ0n) is 8.87. The first-order chi connectivity index (χ1) is 7.20.